The molecule has 21 heavy (non-hydrogen) atoms. The summed E-state index contributed by atoms with van der Waals surface area (Å²) in [6.45, 7) is 2.40. The molecule has 2 N–H and O–H groups in total. The number of fused-ring (bicyclic) bond motifs is 1. The second-order valence-electron chi connectivity index (χ2n) is 4.73. The molecule has 1 aliphatic heterocycles. The Labute approximate surface area is 122 Å². The minimum atomic E-state index is -0.375. The van der Waals surface area contributed by atoms with Gasteiger partial charge in [-0.05, 0) is 31.2 Å². The van der Waals surface area contributed by atoms with E-state index < -0.39 is 0 Å². The summed E-state index contributed by atoms with van der Waals surface area (Å²) in [5, 5.41) is 5.93. The summed E-state index contributed by atoms with van der Waals surface area (Å²) in [6.07, 6.45) is 1.58. The van der Waals surface area contributed by atoms with Crippen molar-refractivity contribution in [2.75, 3.05) is 12.1 Å². The summed E-state index contributed by atoms with van der Waals surface area (Å²) >= 11 is 0. The molecule has 1 aromatic carbocycles. The van der Waals surface area contributed by atoms with Gasteiger partial charge in [-0.1, -0.05) is 0 Å². The Morgan fingerprint density at radius 1 is 1.29 bits per heavy atom. The van der Waals surface area contributed by atoms with E-state index in [1.807, 2.05) is 24.3 Å². The topological polar surface area (TPSA) is 72.7 Å². The van der Waals surface area contributed by atoms with Gasteiger partial charge in [0.15, 0.2) is 11.5 Å². The van der Waals surface area contributed by atoms with E-state index in [-0.39, 0.29) is 18.7 Å². The lowest BCUT2D eigenvalue weighted by Crippen LogP contribution is -2.37. The summed E-state index contributed by atoms with van der Waals surface area (Å²) < 4.78 is 15.7. The Hall–Kier alpha value is -2.63. The summed E-state index contributed by atoms with van der Waals surface area (Å²) in [5.74, 6) is 2.02. The molecule has 1 aromatic heterocycles. The maximum Gasteiger partial charge on any atom is 0.242 e. The lowest BCUT2D eigenvalue weighted by atomic mass is 10.2. The van der Waals surface area contributed by atoms with Gasteiger partial charge in [-0.15, -0.1) is 0 Å². The number of carbonyl (C=O) groups is 1. The third kappa shape index (κ3) is 3.10. The monoisotopic (exact) mass is 288 g/mol. The van der Waals surface area contributed by atoms with Crippen LogP contribution in [-0.4, -0.2) is 18.7 Å². The van der Waals surface area contributed by atoms with E-state index in [1.165, 1.54) is 0 Å². The highest BCUT2D eigenvalue weighted by Gasteiger charge is 2.16. The average molecular weight is 288 g/mol. The summed E-state index contributed by atoms with van der Waals surface area (Å²) in [4.78, 5) is 12.0. The zero-order chi connectivity index (χ0) is 14.7. The smallest absolute Gasteiger partial charge is 0.242 e. The molecule has 1 atom stereocenters. The summed E-state index contributed by atoms with van der Waals surface area (Å²) in [7, 11) is 0. The number of anilines is 1. The summed E-state index contributed by atoms with van der Waals surface area (Å²) in [5.41, 5.74) is 0.805. The lowest BCUT2D eigenvalue weighted by Gasteiger charge is -2.15. The van der Waals surface area contributed by atoms with Crippen LogP contribution in [0.25, 0.3) is 0 Å². The van der Waals surface area contributed by atoms with Gasteiger partial charge in [0.05, 0.1) is 12.8 Å². The Morgan fingerprint density at radius 3 is 2.95 bits per heavy atom. The molecule has 110 valence electrons. The average Bonchev–Trinajstić information content (AvgIpc) is 3.15. The molecule has 0 spiro atoms. The van der Waals surface area contributed by atoms with Gasteiger partial charge in [0.2, 0.25) is 12.7 Å². The minimum Gasteiger partial charge on any atom is -0.467 e. The molecule has 0 aliphatic carbocycles. The number of benzene rings is 1. The maximum atomic E-state index is 12.0. The third-order valence-electron chi connectivity index (χ3n) is 3.17. The van der Waals surface area contributed by atoms with Crippen LogP contribution in [0.3, 0.4) is 0 Å². The van der Waals surface area contributed by atoms with Crippen LogP contribution >= 0.6 is 0 Å². The minimum absolute atomic E-state index is 0.107. The van der Waals surface area contributed by atoms with Crippen molar-refractivity contribution in [2.45, 2.75) is 19.5 Å². The van der Waals surface area contributed by atoms with E-state index in [0.717, 1.165) is 17.2 Å². The van der Waals surface area contributed by atoms with Crippen LogP contribution in [0.2, 0.25) is 0 Å². The third-order valence-corrected chi connectivity index (χ3v) is 3.17. The van der Waals surface area contributed by atoms with E-state index in [0.29, 0.717) is 12.3 Å². The highest BCUT2D eigenvalue weighted by atomic mass is 16.7. The van der Waals surface area contributed by atoms with Crippen molar-refractivity contribution in [3.8, 4) is 11.5 Å². The van der Waals surface area contributed by atoms with Gasteiger partial charge in [0.25, 0.3) is 0 Å². The van der Waals surface area contributed by atoms with Gasteiger partial charge in [0, 0.05) is 11.8 Å². The lowest BCUT2D eigenvalue weighted by molar-refractivity contribution is -0.121. The van der Waals surface area contributed by atoms with Gasteiger partial charge in [-0.3, -0.25) is 4.79 Å². The normalized spacial score (nSPS) is 13.8. The predicted molar refractivity (Wildman–Crippen MR) is 76.2 cm³/mol. The van der Waals surface area contributed by atoms with Crippen molar-refractivity contribution in [1.29, 1.82) is 0 Å². The van der Waals surface area contributed by atoms with Gasteiger partial charge in [-0.25, -0.2) is 0 Å². The largest absolute Gasteiger partial charge is 0.467 e. The molecular weight excluding hydrogens is 272 g/mol. The molecule has 0 radical (unpaired) electrons. The molecule has 1 aliphatic rings. The summed E-state index contributed by atoms with van der Waals surface area (Å²) in [6, 6.07) is 8.72. The number of rotatable bonds is 5. The highest BCUT2D eigenvalue weighted by Crippen LogP contribution is 2.34. The predicted octanol–water partition coefficient (Wildman–Crippen LogP) is 2.13. The van der Waals surface area contributed by atoms with E-state index in [4.69, 9.17) is 13.9 Å². The van der Waals surface area contributed by atoms with Crippen LogP contribution in [0.1, 0.15) is 12.7 Å². The van der Waals surface area contributed by atoms with Gasteiger partial charge < -0.3 is 24.5 Å². The molecule has 3 rings (SSSR count). The van der Waals surface area contributed by atoms with Gasteiger partial charge in [0.1, 0.15) is 11.8 Å². The SMILES string of the molecule is CC(Nc1ccc2c(c1)OCO2)C(=O)NCc1ccco1. The van der Waals surface area contributed by atoms with E-state index in [1.54, 1.807) is 19.3 Å². The molecule has 6 heteroatoms. The first-order chi connectivity index (χ1) is 10.2. The maximum absolute atomic E-state index is 12.0. The number of hydrogen-bond acceptors (Lipinski definition) is 5. The van der Waals surface area contributed by atoms with E-state index in [9.17, 15) is 4.79 Å². The number of amides is 1. The second kappa shape index (κ2) is 5.78. The van der Waals surface area contributed by atoms with Crippen LogP contribution < -0.4 is 20.1 Å². The van der Waals surface area contributed by atoms with Crippen LogP contribution in [0.5, 0.6) is 11.5 Å². The molecule has 1 amide bonds. The van der Waals surface area contributed by atoms with Crippen molar-refractivity contribution >= 4 is 11.6 Å². The van der Waals surface area contributed by atoms with E-state index >= 15 is 0 Å². The van der Waals surface area contributed by atoms with Crippen LogP contribution in [-0.2, 0) is 11.3 Å². The fourth-order valence-corrected chi connectivity index (χ4v) is 2.04. The molecule has 2 aromatic rings. The highest BCUT2D eigenvalue weighted by molar-refractivity contribution is 5.84. The van der Waals surface area contributed by atoms with Crippen molar-refractivity contribution < 1.29 is 18.7 Å². The molecule has 0 bridgehead atoms. The molecule has 0 fully saturated rings. The number of nitrogens with one attached hydrogen (secondary N) is 2. The second-order valence-corrected chi connectivity index (χ2v) is 4.73. The Morgan fingerprint density at radius 2 is 2.14 bits per heavy atom. The first kappa shape index (κ1) is 13.4. The van der Waals surface area contributed by atoms with Crippen LogP contribution in [0.4, 0.5) is 5.69 Å². The zero-order valence-electron chi connectivity index (χ0n) is 11.6. The fourth-order valence-electron chi connectivity index (χ4n) is 2.04. The van der Waals surface area contributed by atoms with Crippen molar-refractivity contribution in [1.82, 2.24) is 5.32 Å². The van der Waals surface area contributed by atoms with E-state index in [2.05, 4.69) is 10.6 Å². The number of furan rings is 1. The number of carbonyl (C=O) groups excluding carboxylic acids is 1. The molecule has 0 saturated heterocycles. The first-order valence-corrected chi connectivity index (χ1v) is 6.68. The van der Waals surface area contributed by atoms with Crippen molar-refractivity contribution in [3.63, 3.8) is 0 Å². The van der Waals surface area contributed by atoms with Crippen LogP contribution in [0.15, 0.2) is 41.0 Å². The van der Waals surface area contributed by atoms with Crippen LogP contribution in [0, 0.1) is 0 Å². The molecule has 0 saturated carbocycles. The standard InChI is InChI=1S/C15H16N2O4/c1-10(15(18)16-8-12-3-2-6-19-12)17-11-4-5-13-14(7-11)21-9-20-13/h2-7,10,17H,8-9H2,1H3,(H,16,18). The fraction of sp³-hybridized carbons (Fsp3) is 0.267. The molecule has 1 unspecified atom stereocenters. The van der Waals surface area contributed by atoms with Gasteiger partial charge in [-0.2, -0.15) is 0 Å². The van der Waals surface area contributed by atoms with Crippen molar-refractivity contribution in [3.05, 3.63) is 42.4 Å². The quantitative estimate of drug-likeness (QED) is 0.881. The molecular formula is C15H16N2O4. The first-order valence-electron chi connectivity index (χ1n) is 6.68. The Kier molecular flexibility index (Phi) is 3.68. The number of hydrogen-bond donors (Lipinski definition) is 2. The Bertz CT molecular complexity index is 625. The molecule has 6 nitrogen and oxygen atoms in total. The van der Waals surface area contributed by atoms with Crippen molar-refractivity contribution in [2.24, 2.45) is 0 Å². The molecule has 2 heterocycles. The van der Waals surface area contributed by atoms with Gasteiger partial charge >= 0.3 is 0 Å². The Balaban J connectivity index is 1.55. The zero-order valence-corrected chi connectivity index (χ0v) is 11.6. The number of ether oxygens (including phenoxy) is 2.